The number of methoxy groups -OCH3 is 2. The predicted octanol–water partition coefficient (Wildman–Crippen LogP) is 3.22. The van der Waals surface area contributed by atoms with Crippen molar-refractivity contribution in [2.75, 3.05) is 18.9 Å². The smallest absolute Gasteiger partial charge is 0.387 e. The van der Waals surface area contributed by atoms with Crippen LogP contribution >= 0.6 is 11.6 Å². The number of rotatable bonds is 8. The molecule has 0 atom stereocenters. The van der Waals surface area contributed by atoms with Crippen LogP contribution in [0.4, 0.5) is 14.7 Å². The first-order chi connectivity index (χ1) is 15.7. The number of sulfonamides is 1. The Morgan fingerprint density at radius 3 is 2.45 bits per heavy atom. The maximum Gasteiger partial charge on any atom is 0.387 e. The van der Waals surface area contributed by atoms with E-state index in [9.17, 15) is 17.2 Å². The van der Waals surface area contributed by atoms with E-state index < -0.39 is 40.1 Å². The minimum absolute atomic E-state index is 0.142. The third-order valence-corrected chi connectivity index (χ3v) is 6.06. The second-order valence-electron chi connectivity index (χ2n) is 6.30. The van der Waals surface area contributed by atoms with Crippen molar-refractivity contribution in [3.8, 4) is 23.2 Å². The largest absolute Gasteiger partial charge is 0.478 e. The molecule has 0 radical (unpaired) electrons. The van der Waals surface area contributed by atoms with Gasteiger partial charge in [0.05, 0.1) is 24.8 Å². The Bertz CT molecular complexity index is 1390. The van der Waals surface area contributed by atoms with Gasteiger partial charge in [-0.2, -0.15) is 23.8 Å². The summed E-state index contributed by atoms with van der Waals surface area (Å²) in [4.78, 5) is 10.3. The van der Waals surface area contributed by atoms with Crippen molar-refractivity contribution < 1.29 is 31.4 Å². The number of alkyl halides is 2. The van der Waals surface area contributed by atoms with Gasteiger partial charge in [0.25, 0.3) is 21.8 Å². The van der Waals surface area contributed by atoms with Gasteiger partial charge in [0.15, 0.2) is 0 Å². The number of nitrogens with one attached hydrogen (secondary N) is 2. The van der Waals surface area contributed by atoms with E-state index >= 15 is 0 Å². The van der Waals surface area contributed by atoms with E-state index in [-0.39, 0.29) is 4.90 Å². The summed E-state index contributed by atoms with van der Waals surface area (Å²) in [6.45, 7) is -3.21. The summed E-state index contributed by atoms with van der Waals surface area (Å²) < 4.78 is 69.5. The first-order valence-electron chi connectivity index (χ1n) is 9.02. The molecule has 3 aromatic heterocycles. The molecule has 0 spiro atoms. The monoisotopic (exact) mass is 500 g/mol. The molecule has 33 heavy (non-hydrogen) atoms. The fraction of sp³-hybridized carbons (Fsp3) is 0.167. The molecule has 11 nitrogen and oxygen atoms in total. The average molecular weight is 501 g/mol. The van der Waals surface area contributed by atoms with Gasteiger partial charge >= 0.3 is 6.61 Å². The second-order valence-corrected chi connectivity index (χ2v) is 8.36. The van der Waals surface area contributed by atoms with Crippen molar-refractivity contribution in [3.63, 3.8) is 0 Å². The van der Waals surface area contributed by atoms with Gasteiger partial charge in [-0.15, -0.1) is 0 Å². The van der Waals surface area contributed by atoms with Crippen LogP contribution in [-0.4, -0.2) is 54.0 Å². The topological polar surface area (TPSA) is 133 Å². The van der Waals surface area contributed by atoms with E-state index in [1.807, 2.05) is 0 Å². The van der Waals surface area contributed by atoms with Gasteiger partial charge in [-0.3, -0.25) is 0 Å². The molecule has 0 aliphatic carbocycles. The lowest BCUT2D eigenvalue weighted by Crippen LogP contribution is -2.16. The number of hydrogen-bond acceptors (Lipinski definition) is 8. The fourth-order valence-corrected chi connectivity index (χ4v) is 4.44. The Kier molecular flexibility index (Phi) is 5.95. The van der Waals surface area contributed by atoms with Crippen LogP contribution in [-0.2, 0) is 10.0 Å². The van der Waals surface area contributed by atoms with Gasteiger partial charge in [0.1, 0.15) is 10.6 Å². The van der Waals surface area contributed by atoms with E-state index in [2.05, 4.69) is 29.5 Å². The SMILES string of the molecule is COc1nc(NS(=O)(=O)c2c[nH]c3c(-n4cccn4)c(Cl)ccc23)nc(OC)c1OC(F)F. The Morgan fingerprint density at radius 2 is 1.88 bits per heavy atom. The van der Waals surface area contributed by atoms with Gasteiger partial charge in [-0.25, -0.2) is 17.8 Å². The fourth-order valence-electron chi connectivity index (χ4n) is 3.08. The number of fused-ring (bicyclic) bond motifs is 1. The minimum atomic E-state index is -4.26. The molecule has 174 valence electrons. The third-order valence-electron chi connectivity index (χ3n) is 4.39. The van der Waals surface area contributed by atoms with E-state index in [0.717, 1.165) is 14.2 Å². The summed E-state index contributed by atoms with van der Waals surface area (Å²) in [6, 6.07) is 4.75. The lowest BCUT2D eigenvalue weighted by atomic mass is 10.2. The summed E-state index contributed by atoms with van der Waals surface area (Å²) >= 11 is 6.31. The Hall–Kier alpha value is -3.65. The molecular formula is C18H15ClF2N6O5S. The van der Waals surface area contributed by atoms with Crippen LogP contribution in [0.25, 0.3) is 16.6 Å². The third kappa shape index (κ3) is 4.21. The number of nitrogens with zero attached hydrogens (tertiary/aromatic N) is 4. The van der Waals surface area contributed by atoms with Crippen molar-refractivity contribution in [2.45, 2.75) is 11.5 Å². The van der Waals surface area contributed by atoms with Gasteiger partial charge in [0, 0.05) is 24.0 Å². The van der Waals surface area contributed by atoms with Gasteiger partial charge < -0.3 is 19.2 Å². The van der Waals surface area contributed by atoms with Crippen molar-refractivity contribution in [1.82, 2.24) is 24.7 Å². The molecule has 0 saturated heterocycles. The summed E-state index contributed by atoms with van der Waals surface area (Å²) in [5.41, 5.74) is 0.872. The molecule has 0 aliphatic heterocycles. The lowest BCUT2D eigenvalue weighted by Gasteiger charge is -2.14. The van der Waals surface area contributed by atoms with Gasteiger partial charge in [0.2, 0.25) is 11.7 Å². The molecule has 1 aromatic carbocycles. The van der Waals surface area contributed by atoms with Crippen molar-refractivity contribution >= 4 is 38.5 Å². The van der Waals surface area contributed by atoms with Crippen LogP contribution in [0.15, 0.2) is 41.7 Å². The number of aromatic nitrogens is 5. The molecular weight excluding hydrogens is 486 g/mol. The summed E-state index contributed by atoms with van der Waals surface area (Å²) in [7, 11) is -1.98. The van der Waals surface area contributed by atoms with Crippen LogP contribution in [0.3, 0.4) is 0 Å². The lowest BCUT2D eigenvalue weighted by molar-refractivity contribution is -0.0533. The van der Waals surface area contributed by atoms with Crippen LogP contribution in [0, 0.1) is 0 Å². The van der Waals surface area contributed by atoms with Crippen LogP contribution in [0.1, 0.15) is 0 Å². The molecule has 2 N–H and O–H groups in total. The van der Waals surface area contributed by atoms with E-state index in [4.69, 9.17) is 21.1 Å². The highest BCUT2D eigenvalue weighted by Gasteiger charge is 2.26. The highest BCUT2D eigenvalue weighted by atomic mass is 35.5. The molecule has 4 aromatic rings. The molecule has 15 heteroatoms. The molecule has 0 aliphatic rings. The standard InChI is InChI=1S/C18H15ClF2N6O5S/c1-30-15-14(32-17(20)21)16(31-2)25-18(24-15)26-33(28,29)11-8-22-12-9(11)4-5-10(19)13(12)27-7-3-6-23-27/h3-8,17,22H,1-2H3,(H,24,25,26). The van der Waals surface area contributed by atoms with E-state index in [0.29, 0.717) is 21.6 Å². The Labute approximate surface area is 190 Å². The maximum atomic E-state index is 13.1. The second kappa shape index (κ2) is 8.71. The maximum absolute atomic E-state index is 13.1. The first kappa shape index (κ1) is 22.5. The summed E-state index contributed by atoms with van der Waals surface area (Å²) in [6.07, 6.45) is 4.47. The molecule has 0 saturated carbocycles. The predicted molar refractivity (Wildman–Crippen MR) is 113 cm³/mol. The highest BCUT2D eigenvalue weighted by Crippen LogP contribution is 2.37. The normalized spacial score (nSPS) is 11.7. The number of anilines is 1. The molecule has 0 fully saturated rings. The first-order valence-corrected chi connectivity index (χ1v) is 10.9. The van der Waals surface area contributed by atoms with Crippen LogP contribution < -0.4 is 18.9 Å². The van der Waals surface area contributed by atoms with Crippen molar-refractivity contribution in [3.05, 3.63) is 41.8 Å². The number of hydrogen-bond donors (Lipinski definition) is 2. The number of ether oxygens (including phenoxy) is 3. The van der Waals surface area contributed by atoms with Gasteiger partial charge in [-0.05, 0) is 18.2 Å². The molecule has 3 heterocycles. The van der Waals surface area contributed by atoms with Gasteiger partial charge in [-0.1, -0.05) is 11.6 Å². The number of benzene rings is 1. The summed E-state index contributed by atoms with van der Waals surface area (Å²) in [5, 5.41) is 4.80. The Morgan fingerprint density at radius 1 is 1.18 bits per heavy atom. The van der Waals surface area contributed by atoms with Crippen molar-refractivity contribution in [1.29, 1.82) is 0 Å². The number of aromatic amines is 1. The number of H-pyrrole nitrogens is 1. The average Bonchev–Trinajstić information content (AvgIpc) is 3.44. The zero-order valence-electron chi connectivity index (χ0n) is 16.9. The van der Waals surface area contributed by atoms with Crippen molar-refractivity contribution in [2.24, 2.45) is 0 Å². The number of halogens is 3. The van der Waals surface area contributed by atoms with Crippen LogP contribution in [0.5, 0.6) is 17.5 Å². The molecule has 0 amide bonds. The zero-order valence-corrected chi connectivity index (χ0v) is 18.5. The Balaban J connectivity index is 1.77. The zero-order chi connectivity index (χ0) is 23.8. The summed E-state index contributed by atoms with van der Waals surface area (Å²) in [5.74, 6) is -1.97. The molecule has 0 bridgehead atoms. The molecule has 0 unspecified atom stereocenters. The van der Waals surface area contributed by atoms with E-state index in [1.54, 1.807) is 18.5 Å². The van der Waals surface area contributed by atoms with E-state index in [1.165, 1.54) is 23.0 Å². The quantitative estimate of drug-likeness (QED) is 0.377. The van der Waals surface area contributed by atoms with Crippen LogP contribution in [0.2, 0.25) is 5.02 Å². The highest BCUT2D eigenvalue weighted by molar-refractivity contribution is 7.93. The molecule has 4 rings (SSSR count). The minimum Gasteiger partial charge on any atom is -0.478 e.